The third-order valence-corrected chi connectivity index (χ3v) is 5.81. The van der Waals surface area contributed by atoms with Gasteiger partial charge >= 0.3 is 5.97 Å². The van der Waals surface area contributed by atoms with Crippen molar-refractivity contribution in [2.75, 3.05) is 22.4 Å². The molecule has 1 aromatic heterocycles. The maximum absolute atomic E-state index is 12.3. The number of carbonyl (C=O) groups excluding carboxylic acids is 2. The van der Waals surface area contributed by atoms with Gasteiger partial charge in [0.15, 0.2) is 0 Å². The Morgan fingerprint density at radius 3 is 2.43 bits per heavy atom. The van der Waals surface area contributed by atoms with Crippen LogP contribution in [0.3, 0.4) is 0 Å². The molecule has 2 N–H and O–H groups in total. The molecule has 1 unspecified atom stereocenters. The molecule has 0 spiro atoms. The highest BCUT2D eigenvalue weighted by molar-refractivity contribution is 8.01. The Bertz CT molecular complexity index is 905. The number of nitrogens with one attached hydrogen (secondary N) is 2. The summed E-state index contributed by atoms with van der Waals surface area (Å²) in [6.45, 7) is 3.67. The molecule has 1 amide bonds. The number of sulfonamides is 1. The second-order valence-corrected chi connectivity index (χ2v) is 8.46. The van der Waals surface area contributed by atoms with Crippen molar-refractivity contribution in [3.63, 3.8) is 0 Å². The lowest BCUT2D eigenvalue weighted by molar-refractivity contribution is -0.139. The van der Waals surface area contributed by atoms with Crippen molar-refractivity contribution in [2.45, 2.75) is 24.0 Å². The van der Waals surface area contributed by atoms with Crippen molar-refractivity contribution in [3.05, 3.63) is 42.7 Å². The second-order valence-electron chi connectivity index (χ2n) is 5.45. The number of anilines is 2. The van der Waals surface area contributed by atoms with Crippen molar-refractivity contribution in [1.82, 2.24) is 9.97 Å². The lowest BCUT2D eigenvalue weighted by Crippen LogP contribution is -2.24. The molecule has 150 valence electrons. The minimum absolute atomic E-state index is 0.00249. The van der Waals surface area contributed by atoms with Gasteiger partial charge in [0.05, 0.1) is 22.5 Å². The minimum Gasteiger partial charge on any atom is -0.465 e. The molecule has 9 nitrogen and oxygen atoms in total. The van der Waals surface area contributed by atoms with E-state index in [2.05, 4.69) is 20.0 Å². The van der Waals surface area contributed by atoms with Crippen LogP contribution in [0, 0.1) is 0 Å². The summed E-state index contributed by atoms with van der Waals surface area (Å²) in [6, 6.07) is 7.23. The molecule has 2 rings (SSSR count). The Morgan fingerprint density at radius 2 is 1.82 bits per heavy atom. The molecule has 1 aromatic carbocycles. The Labute approximate surface area is 167 Å². The molecule has 0 saturated heterocycles. The Hall–Kier alpha value is -2.66. The van der Waals surface area contributed by atoms with Gasteiger partial charge in [-0.2, -0.15) is 0 Å². The summed E-state index contributed by atoms with van der Waals surface area (Å²) in [5, 5.41) is 2.19. The number of hydrogen-bond donors (Lipinski definition) is 2. The molecule has 0 saturated carbocycles. The van der Waals surface area contributed by atoms with E-state index in [0.717, 1.165) is 11.8 Å². The number of nitrogens with zero attached hydrogens (tertiary/aromatic N) is 2. The molecular weight excluding hydrogens is 404 g/mol. The van der Waals surface area contributed by atoms with E-state index >= 15 is 0 Å². The number of aromatic nitrogens is 2. The van der Waals surface area contributed by atoms with Crippen molar-refractivity contribution in [3.8, 4) is 0 Å². The number of amides is 1. The van der Waals surface area contributed by atoms with E-state index in [1.165, 1.54) is 36.7 Å². The monoisotopic (exact) mass is 424 g/mol. The zero-order valence-electron chi connectivity index (χ0n) is 15.3. The van der Waals surface area contributed by atoms with Crippen LogP contribution in [-0.2, 0) is 24.3 Å². The summed E-state index contributed by atoms with van der Waals surface area (Å²) in [4.78, 5) is 31.1. The van der Waals surface area contributed by atoms with E-state index in [9.17, 15) is 18.0 Å². The number of carbonyl (C=O) groups is 2. The van der Waals surface area contributed by atoms with Gasteiger partial charge in [-0.3, -0.25) is 9.59 Å². The van der Waals surface area contributed by atoms with Gasteiger partial charge < -0.3 is 10.1 Å². The summed E-state index contributed by atoms with van der Waals surface area (Å²) < 4.78 is 31.7. The third kappa shape index (κ3) is 6.50. The predicted octanol–water partition coefficient (Wildman–Crippen LogP) is 1.90. The summed E-state index contributed by atoms with van der Waals surface area (Å²) in [5.41, 5.74) is 0.434. The van der Waals surface area contributed by atoms with Crippen LogP contribution < -0.4 is 10.0 Å². The van der Waals surface area contributed by atoms with E-state index in [-0.39, 0.29) is 28.5 Å². The van der Waals surface area contributed by atoms with Gasteiger partial charge in [-0.05, 0) is 44.2 Å². The zero-order valence-corrected chi connectivity index (χ0v) is 16.9. The van der Waals surface area contributed by atoms with Gasteiger partial charge in [0.25, 0.3) is 10.0 Å². The fraction of sp³-hybridized carbons (Fsp3) is 0.294. The van der Waals surface area contributed by atoms with Gasteiger partial charge in [0, 0.05) is 18.1 Å². The number of esters is 1. The molecule has 0 aliphatic heterocycles. The number of hydrogen-bond acceptors (Lipinski definition) is 8. The van der Waals surface area contributed by atoms with Crippen LogP contribution in [0.4, 0.5) is 11.6 Å². The largest absolute Gasteiger partial charge is 0.465 e. The van der Waals surface area contributed by atoms with E-state index in [1.807, 2.05) is 0 Å². The lowest BCUT2D eigenvalue weighted by Gasteiger charge is -2.12. The van der Waals surface area contributed by atoms with E-state index in [4.69, 9.17) is 4.74 Å². The third-order valence-electron chi connectivity index (χ3n) is 3.35. The van der Waals surface area contributed by atoms with Crippen molar-refractivity contribution in [2.24, 2.45) is 0 Å². The standard InChI is InChI=1S/C17H20N4O5S2/c1-3-26-15(22)11-27-12(2)16(23)20-13-5-7-14(8-6-13)28(24,25)21-17-18-9-4-10-19-17/h4-10,12H,3,11H2,1-2H3,(H,20,23)(H,18,19,21). The van der Waals surface area contributed by atoms with Crippen LogP contribution in [0.2, 0.25) is 0 Å². The first-order valence-electron chi connectivity index (χ1n) is 8.30. The van der Waals surface area contributed by atoms with Gasteiger partial charge in [-0.1, -0.05) is 0 Å². The Morgan fingerprint density at radius 1 is 1.18 bits per heavy atom. The van der Waals surface area contributed by atoms with Crippen LogP contribution in [0.5, 0.6) is 0 Å². The smallest absolute Gasteiger partial charge is 0.315 e. The second kappa shape index (κ2) is 10.0. The molecule has 28 heavy (non-hydrogen) atoms. The quantitative estimate of drug-likeness (QED) is 0.584. The normalized spacial score (nSPS) is 12.1. The average molecular weight is 425 g/mol. The van der Waals surface area contributed by atoms with Crippen LogP contribution in [0.1, 0.15) is 13.8 Å². The number of ether oxygens (including phenoxy) is 1. The average Bonchev–Trinajstić information content (AvgIpc) is 2.67. The SMILES string of the molecule is CCOC(=O)CSC(C)C(=O)Nc1ccc(S(=O)(=O)Nc2ncccn2)cc1. The fourth-order valence-corrected chi connectivity index (χ4v) is 3.60. The molecule has 11 heteroatoms. The van der Waals surface area contributed by atoms with Crippen molar-refractivity contribution >= 4 is 45.3 Å². The number of rotatable bonds is 9. The van der Waals surface area contributed by atoms with Crippen LogP contribution in [0.15, 0.2) is 47.6 Å². The molecule has 0 bridgehead atoms. The number of thioether (sulfide) groups is 1. The van der Waals surface area contributed by atoms with E-state index in [0.29, 0.717) is 12.3 Å². The first-order chi connectivity index (χ1) is 13.3. The Kier molecular flexibility index (Phi) is 7.76. The van der Waals surface area contributed by atoms with Crippen molar-refractivity contribution in [1.29, 1.82) is 0 Å². The maximum Gasteiger partial charge on any atom is 0.315 e. The first kappa shape index (κ1) is 21.6. The van der Waals surface area contributed by atoms with Crippen LogP contribution in [0.25, 0.3) is 0 Å². The predicted molar refractivity (Wildman–Crippen MR) is 106 cm³/mol. The molecule has 0 radical (unpaired) electrons. The number of benzene rings is 1. The van der Waals surface area contributed by atoms with Gasteiger partial charge in [-0.15, -0.1) is 11.8 Å². The molecule has 0 aliphatic rings. The summed E-state index contributed by atoms with van der Waals surface area (Å²) in [7, 11) is -3.84. The molecule has 0 aliphatic carbocycles. The molecule has 0 fully saturated rings. The summed E-state index contributed by atoms with van der Waals surface area (Å²) in [5.74, 6) is -0.642. The van der Waals surface area contributed by atoms with E-state index in [1.54, 1.807) is 19.9 Å². The first-order valence-corrected chi connectivity index (χ1v) is 10.8. The molecule has 1 atom stereocenters. The minimum atomic E-state index is -3.84. The van der Waals surface area contributed by atoms with Gasteiger partial charge in [0.1, 0.15) is 0 Å². The van der Waals surface area contributed by atoms with Crippen LogP contribution in [-0.4, -0.2) is 47.9 Å². The molecule has 2 aromatic rings. The topological polar surface area (TPSA) is 127 Å². The lowest BCUT2D eigenvalue weighted by atomic mass is 10.3. The molecular formula is C17H20N4O5S2. The molecule has 1 heterocycles. The van der Waals surface area contributed by atoms with E-state index < -0.39 is 15.3 Å². The van der Waals surface area contributed by atoms with Crippen molar-refractivity contribution < 1.29 is 22.7 Å². The highest BCUT2D eigenvalue weighted by atomic mass is 32.2. The Balaban J connectivity index is 1.94. The zero-order chi connectivity index (χ0) is 20.6. The van der Waals surface area contributed by atoms with Crippen LogP contribution >= 0.6 is 11.8 Å². The van der Waals surface area contributed by atoms with Gasteiger partial charge in [-0.25, -0.2) is 23.1 Å². The fourth-order valence-electron chi connectivity index (χ4n) is 1.96. The summed E-state index contributed by atoms with van der Waals surface area (Å²) >= 11 is 1.15. The summed E-state index contributed by atoms with van der Waals surface area (Å²) in [6.07, 6.45) is 2.84. The maximum atomic E-state index is 12.3. The highest BCUT2D eigenvalue weighted by Gasteiger charge is 2.18. The highest BCUT2D eigenvalue weighted by Crippen LogP contribution is 2.18. The van der Waals surface area contributed by atoms with Gasteiger partial charge in [0.2, 0.25) is 11.9 Å².